The second-order valence-electron chi connectivity index (χ2n) is 8.00. The van der Waals surface area contributed by atoms with Crippen LogP contribution in [-0.4, -0.2) is 92.7 Å². The molecule has 1 fully saturated rings. The maximum Gasteiger partial charge on any atom is 0.409 e. The van der Waals surface area contributed by atoms with Crippen LogP contribution in [0.2, 0.25) is 0 Å². The van der Waals surface area contributed by atoms with Crippen LogP contribution < -0.4 is 4.74 Å². The van der Waals surface area contributed by atoms with E-state index in [2.05, 4.69) is 30.7 Å². The molecule has 2 rings (SSSR count). The van der Waals surface area contributed by atoms with Crippen molar-refractivity contribution < 1.29 is 19.1 Å². The number of ketones is 1. The zero-order chi connectivity index (χ0) is 21.9. The van der Waals surface area contributed by atoms with Crippen molar-refractivity contribution in [3.05, 3.63) is 29.8 Å². The van der Waals surface area contributed by atoms with Crippen LogP contribution >= 0.6 is 0 Å². The first-order chi connectivity index (χ1) is 14.4. The predicted octanol–water partition coefficient (Wildman–Crippen LogP) is 3.14. The summed E-state index contributed by atoms with van der Waals surface area (Å²) in [6, 6.07) is 8.00. The van der Waals surface area contributed by atoms with Crippen LogP contribution in [0.25, 0.3) is 0 Å². The second kappa shape index (κ2) is 12.5. The number of amides is 1. The molecule has 0 aromatic heterocycles. The van der Waals surface area contributed by atoms with E-state index in [1.54, 1.807) is 4.90 Å². The van der Waals surface area contributed by atoms with Gasteiger partial charge >= 0.3 is 6.09 Å². The molecule has 1 aliphatic heterocycles. The monoisotopic (exact) mass is 419 g/mol. The maximum atomic E-state index is 12.6. The predicted molar refractivity (Wildman–Crippen MR) is 118 cm³/mol. The third-order valence-electron chi connectivity index (χ3n) is 5.73. The molecule has 0 bridgehead atoms. The Morgan fingerprint density at radius 1 is 1.13 bits per heavy atom. The number of Topliss-reactive ketones (excluding diaryl/α,β-unsaturated/α-hetero) is 1. The first kappa shape index (κ1) is 24.2. The number of piperazine rings is 1. The summed E-state index contributed by atoms with van der Waals surface area (Å²) in [5.41, 5.74) is 0.686. The molecule has 0 aliphatic carbocycles. The fourth-order valence-corrected chi connectivity index (χ4v) is 3.61. The number of ether oxygens (including phenoxy) is 2. The van der Waals surface area contributed by atoms with Crippen molar-refractivity contribution in [2.24, 2.45) is 0 Å². The van der Waals surface area contributed by atoms with Crippen LogP contribution in [0, 0.1) is 0 Å². The molecule has 1 aliphatic rings. The Balaban J connectivity index is 1.70. The molecule has 168 valence electrons. The van der Waals surface area contributed by atoms with Crippen molar-refractivity contribution in [3.63, 3.8) is 0 Å². The standard InChI is InChI=1S/C23H37N3O4/c1-5-7-19(2)24(3)12-6-17-30-21-10-8-20(9-11-21)22(27)18-25-13-15-26(16-14-25)23(28)29-4/h8-11,19H,5-7,12-18H2,1-4H3. The summed E-state index contributed by atoms with van der Waals surface area (Å²) in [7, 11) is 3.55. The SMILES string of the molecule is CCCC(C)N(C)CCCOc1ccc(C(=O)CN2CCN(C(=O)OC)CC2)cc1. The number of hydrogen-bond donors (Lipinski definition) is 0. The van der Waals surface area contributed by atoms with Gasteiger partial charge in [0.1, 0.15) is 5.75 Å². The van der Waals surface area contributed by atoms with E-state index >= 15 is 0 Å². The Kier molecular flexibility index (Phi) is 10.1. The zero-order valence-corrected chi connectivity index (χ0v) is 18.9. The first-order valence-corrected chi connectivity index (χ1v) is 11.0. The Morgan fingerprint density at radius 2 is 1.80 bits per heavy atom. The second-order valence-corrected chi connectivity index (χ2v) is 8.00. The molecule has 1 unspecified atom stereocenters. The quantitative estimate of drug-likeness (QED) is 0.406. The number of benzene rings is 1. The van der Waals surface area contributed by atoms with Gasteiger partial charge in [-0.05, 0) is 51.1 Å². The molecule has 1 amide bonds. The minimum atomic E-state index is -0.307. The van der Waals surface area contributed by atoms with Gasteiger partial charge in [0.25, 0.3) is 0 Å². The van der Waals surface area contributed by atoms with Gasteiger partial charge in [0.2, 0.25) is 0 Å². The number of carbonyl (C=O) groups is 2. The van der Waals surface area contributed by atoms with E-state index in [1.807, 2.05) is 24.3 Å². The highest BCUT2D eigenvalue weighted by Gasteiger charge is 2.23. The topological polar surface area (TPSA) is 62.3 Å². The van der Waals surface area contributed by atoms with E-state index < -0.39 is 0 Å². The molecule has 30 heavy (non-hydrogen) atoms. The van der Waals surface area contributed by atoms with Crippen molar-refractivity contribution in [1.29, 1.82) is 0 Å². The summed E-state index contributed by atoms with van der Waals surface area (Å²) in [6.07, 6.45) is 3.09. The summed E-state index contributed by atoms with van der Waals surface area (Å²) in [5, 5.41) is 0. The highest BCUT2D eigenvalue weighted by atomic mass is 16.5. The molecule has 1 aromatic rings. The van der Waals surface area contributed by atoms with E-state index in [0.717, 1.165) is 18.7 Å². The van der Waals surface area contributed by atoms with Gasteiger partial charge in [-0.25, -0.2) is 4.79 Å². The van der Waals surface area contributed by atoms with Crippen LogP contribution in [0.1, 0.15) is 43.5 Å². The van der Waals surface area contributed by atoms with Crippen molar-refractivity contribution in [2.75, 3.05) is 60.0 Å². The zero-order valence-electron chi connectivity index (χ0n) is 18.9. The van der Waals surface area contributed by atoms with Gasteiger partial charge in [-0.1, -0.05) is 13.3 Å². The normalized spacial score (nSPS) is 15.8. The Morgan fingerprint density at radius 3 is 2.40 bits per heavy atom. The number of nitrogens with zero attached hydrogens (tertiary/aromatic N) is 3. The van der Waals surface area contributed by atoms with Crippen LogP contribution in [0.4, 0.5) is 4.79 Å². The van der Waals surface area contributed by atoms with Crippen LogP contribution in [0.3, 0.4) is 0 Å². The van der Waals surface area contributed by atoms with Gasteiger partial charge in [0, 0.05) is 44.3 Å². The minimum absolute atomic E-state index is 0.0830. The third-order valence-corrected chi connectivity index (χ3v) is 5.73. The molecule has 7 heteroatoms. The molecule has 0 saturated carbocycles. The van der Waals surface area contributed by atoms with E-state index in [1.165, 1.54) is 20.0 Å². The number of rotatable bonds is 11. The molecular weight excluding hydrogens is 382 g/mol. The lowest BCUT2D eigenvalue weighted by atomic mass is 10.1. The van der Waals surface area contributed by atoms with Crippen molar-refractivity contribution in [2.45, 2.75) is 39.2 Å². The fourth-order valence-electron chi connectivity index (χ4n) is 3.61. The van der Waals surface area contributed by atoms with Crippen molar-refractivity contribution in [1.82, 2.24) is 14.7 Å². The van der Waals surface area contributed by atoms with Crippen molar-refractivity contribution >= 4 is 11.9 Å². The first-order valence-electron chi connectivity index (χ1n) is 11.0. The Hall–Kier alpha value is -2.12. The fraction of sp³-hybridized carbons (Fsp3) is 0.652. The number of hydrogen-bond acceptors (Lipinski definition) is 6. The average molecular weight is 420 g/mol. The van der Waals surface area contributed by atoms with E-state index in [0.29, 0.717) is 50.9 Å². The highest BCUT2D eigenvalue weighted by molar-refractivity contribution is 5.97. The van der Waals surface area contributed by atoms with Gasteiger partial charge in [0.05, 0.1) is 20.3 Å². The third kappa shape index (κ3) is 7.61. The summed E-state index contributed by atoms with van der Waals surface area (Å²) < 4.78 is 10.6. The van der Waals surface area contributed by atoms with Gasteiger partial charge < -0.3 is 19.3 Å². The van der Waals surface area contributed by atoms with Crippen LogP contribution in [0.15, 0.2) is 24.3 Å². The molecule has 1 heterocycles. The van der Waals surface area contributed by atoms with E-state index in [-0.39, 0.29) is 11.9 Å². The molecule has 7 nitrogen and oxygen atoms in total. The Labute approximate surface area is 180 Å². The lowest BCUT2D eigenvalue weighted by Gasteiger charge is -2.33. The van der Waals surface area contributed by atoms with E-state index in [4.69, 9.17) is 9.47 Å². The molecule has 1 atom stereocenters. The van der Waals surface area contributed by atoms with Crippen LogP contribution in [-0.2, 0) is 4.74 Å². The smallest absolute Gasteiger partial charge is 0.409 e. The van der Waals surface area contributed by atoms with Gasteiger partial charge in [0.15, 0.2) is 5.78 Å². The summed E-state index contributed by atoms with van der Waals surface area (Å²) in [4.78, 5) is 30.2. The molecule has 1 aromatic carbocycles. The number of methoxy groups -OCH3 is 1. The average Bonchev–Trinajstić information content (AvgIpc) is 2.77. The molecule has 0 radical (unpaired) electrons. The lowest BCUT2D eigenvalue weighted by molar-refractivity contribution is 0.0790. The number of carbonyl (C=O) groups excluding carboxylic acids is 2. The molecular formula is C23H37N3O4. The van der Waals surface area contributed by atoms with Crippen molar-refractivity contribution in [3.8, 4) is 5.75 Å². The maximum absolute atomic E-state index is 12.6. The van der Waals surface area contributed by atoms with Gasteiger partial charge in [-0.3, -0.25) is 9.69 Å². The molecule has 0 spiro atoms. The van der Waals surface area contributed by atoms with E-state index in [9.17, 15) is 9.59 Å². The summed E-state index contributed by atoms with van der Waals surface area (Å²) in [5.74, 6) is 0.877. The lowest BCUT2D eigenvalue weighted by Crippen LogP contribution is -2.49. The molecule has 1 saturated heterocycles. The molecule has 0 N–H and O–H groups in total. The highest BCUT2D eigenvalue weighted by Crippen LogP contribution is 2.14. The Bertz CT molecular complexity index is 657. The minimum Gasteiger partial charge on any atom is -0.494 e. The van der Waals surface area contributed by atoms with Gasteiger partial charge in [-0.2, -0.15) is 0 Å². The van der Waals surface area contributed by atoms with Gasteiger partial charge in [-0.15, -0.1) is 0 Å². The summed E-state index contributed by atoms with van der Waals surface area (Å²) in [6.45, 7) is 9.03. The van der Waals surface area contributed by atoms with Crippen LogP contribution in [0.5, 0.6) is 5.75 Å². The largest absolute Gasteiger partial charge is 0.494 e. The summed E-state index contributed by atoms with van der Waals surface area (Å²) >= 11 is 0.